The molecule has 0 spiro atoms. The summed E-state index contributed by atoms with van der Waals surface area (Å²) in [5, 5.41) is 2.54. The largest absolute Gasteiger partial charge is 0.469 e. The van der Waals surface area contributed by atoms with Gasteiger partial charge in [0.15, 0.2) is 0 Å². The number of furan rings is 1. The number of carbonyl (C=O) groups excluding carboxylic acids is 2. The van der Waals surface area contributed by atoms with Crippen molar-refractivity contribution in [2.24, 2.45) is 0 Å². The van der Waals surface area contributed by atoms with Gasteiger partial charge in [0.2, 0.25) is 0 Å². The predicted molar refractivity (Wildman–Crippen MR) is 66.3 cm³/mol. The van der Waals surface area contributed by atoms with Gasteiger partial charge in [0.05, 0.1) is 12.7 Å². The zero-order valence-electron chi connectivity index (χ0n) is 11.0. The molecule has 0 unspecified atom stereocenters. The highest BCUT2D eigenvalue weighted by molar-refractivity contribution is 5.81. The van der Waals surface area contributed by atoms with Crippen LogP contribution >= 0.6 is 0 Å². The third-order valence-corrected chi connectivity index (χ3v) is 2.02. The highest BCUT2D eigenvalue weighted by Crippen LogP contribution is 2.06. The maximum absolute atomic E-state index is 11.5. The molecule has 0 radical (unpaired) electrons. The van der Waals surface area contributed by atoms with Crippen LogP contribution in [0.5, 0.6) is 0 Å². The molecular formula is C13H19NO4. The third kappa shape index (κ3) is 6.08. The van der Waals surface area contributed by atoms with Gasteiger partial charge < -0.3 is 14.5 Å². The van der Waals surface area contributed by atoms with Crippen LogP contribution < -0.4 is 5.32 Å². The minimum atomic E-state index is -0.526. The molecule has 1 rings (SSSR count). The van der Waals surface area contributed by atoms with Crippen LogP contribution in [0.2, 0.25) is 0 Å². The summed E-state index contributed by atoms with van der Waals surface area (Å²) in [6, 6.07) is 3.49. The number of alkyl carbamates (subject to hydrolysis) is 1. The van der Waals surface area contributed by atoms with E-state index in [9.17, 15) is 9.59 Å². The van der Waals surface area contributed by atoms with Gasteiger partial charge in [-0.1, -0.05) is 0 Å². The minimum absolute atomic E-state index is 0.0148. The summed E-state index contributed by atoms with van der Waals surface area (Å²) >= 11 is 0. The molecule has 1 aromatic rings. The molecule has 100 valence electrons. The number of hydrogen-bond acceptors (Lipinski definition) is 4. The Labute approximate surface area is 106 Å². The molecule has 1 amide bonds. The molecule has 0 aliphatic heterocycles. The Kier molecular flexibility index (Phi) is 4.95. The Balaban J connectivity index is 2.18. The van der Waals surface area contributed by atoms with E-state index < -0.39 is 11.7 Å². The van der Waals surface area contributed by atoms with Crippen LogP contribution in [0.3, 0.4) is 0 Å². The number of ether oxygens (including phenoxy) is 1. The standard InChI is InChI=1S/C13H19NO4/c1-13(2,3)18-12(16)14-7-6-10(15)9-11-5-4-8-17-11/h4-5,8H,6-7,9H2,1-3H3,(H,14,16). The second kappa shape index (κ2) is 6.23. The number of Topliss-reactive ketones (excluding diaryl/α,β-unsaturated/α-hetero) is 1. The van der Waals surface area contributed by atoms with Gasteiger partial charge in [-0.15, -0.1) is 0 Å². The van der Waals surface area contributed by atoms with E-state index in [-0.39, 0.29) is 25.2 Å². The molecule has 0 saturated heterocycles. The zero-order valence-corrected chi connectivity index (χ0v) is 11.0. The van der Waals surface area contributed by atoms with Crippen LogP contribution in [0, 0.1) is 0 Å². The van der Waals surface area contributed by atoms with Crippen LogP contribution in [0.25, 0.3) is 0 Å². The van der Waals surface area contributed by atoms with Crippen LogP contribution in [-0.4, -0.2) is 24.0 Å². The lowest BCUT2D eigenvalue weighted by atomic mass is 10.2. The van der Waals surface area contributed by atoms with Crippen molar-refractivity contribution in [2.45, 2.75) is 39.2 Å². The topological polar surface area (TPSA) is 68.5 Å². The first-order valence-corrected chi connectivity index (χ1v) is 5.88. The second-order valence-corrected chi connectivity index (χ2v) is 4.97. The summed E-state index contributed by atoms with van der Waals surface area (Å²) in [7, 11) is 0. The molecule has 5 heteroatoms. The fraction of sp³-hybridized carbons (Fsp3) is 0.538. The smallest absolute Gasteiger partial charge is 0.407 e. The van der Waals surface area contributed by atoms with E-state index in [1.54, 1.807) is 32.9 Å². The molecule has 0 fully saturated rings. The van der Waals surface area contributed by atoms with E-state index >= 15 is 0 Å². The average molecular weight is 253 g/mol. The van der Waals surface area contributed by atoms with Gasteiger partial charge in [-0.3, -0.25) is 4.79 Å². The van der Waals surface area contributed by atoms with Gasteiger partial charge in [-0.25, -0.2) is 4.79 Å². The lowest BCUT2D eigenvalue weighted by Crippen LogP contribution is -2.33. The number of amides is 1. The molecule has 0 aromatic carbocycles. The normalized spacial score (nSPS) is 11.1. The van der Waals surface area contributed by atoms with E-state index in [1.165, 1.54) is 6.26 Å². The van der Waals surface area contributed by atoms with Crippen molar-refractivity contribution in [1.29, 1.82) is 0 Å². The summed E-state index contributed by atoms with van der Waals surface area (Å²) in [6.07, 6.45) is 1.54. The maximum atomic E-state index is 11.5. The van der Waals surface area contributed by atoms with Crippen molar-refractivity contribution in [1.82, 2.24) is 5.32 Å². The molecule has 18 heavy (non-hydrogen) atoms. The van der Waals surface area contributed by atoms with E-state index in [0.29, 0.717) is 5.76 Å². The fourth-order valence-electron chi connectivity index (χ4n) is 1.31. The van der Waals surface area contributed by atoms with Crippen molar-refractivity contribution in [3.8, 4) is 0 Å². The third-order valence-electron chi connectivity index (χ3n) is 2.02. The number of ketones is 1. The molecule has 0 aliphatic rings. The van der Waals surface area contributed by atoms with Crippen LogP contribution in [0.1, 0.15) is 33.0 Å². The Morgan fingerprint density at radius 1 is 1.39 bits per heavy atom. The molecule has 5 nitrogen and oxygen atoms in total. The quantitative estimate of drug-likeness (QED) is 0.874. The highest BCUT2D eigenvalue weighted by atomic mass is 16.6. The Morgan fingerprint density at radius 3 is 2.67 bits per heavy atom. The van der Waals surface area contributed by atoms with E-state index in [1.807, 2.05) is 0 Å². The molecular weight excluding hydrogens is 234 g/mol. The summed E-state index contributed by atoms with van der Waals surface area (Å²) in [4.78, 5) is 22.8. The first kappa shape index (κ1) is 14.3. The van der Waals surface area contributed by atoms with Gasteiger partial charge in [-0.2, -0.15) is 0 Å². The number of rotatable bonds is 5. The van der Waals surface area contributed by atoms with Crippen molar-refractivity contribution >= 4 is 11.9 Å². The van der Waals surface area contributed by atoms with Gasteiger partial charge >= 0.3 is 6.09 Å². The van der Waals surface area contributed by atoms with Gasteiger partial charge in [0.1, 0.15) is 17.1 Å². The lowest BCUT2D eigenvalue weighted by molar-refractivity contribution is -0.118. The Bertz CT molecular complexity index is 390. The SMILES string of the molecule is CC(C)(C)OC(=O)NCCC(=O)Cc1ccco1. The monoisotopic (exact) mass is 253 g/mol. The van der Waals surface area contributed by atoms with Gasteiger partial charge in [0.25, 0.3) is 0 Å². The summed E-state index contributed by atoms with van der Waals surface area (Å²) < 4.78 is 10.1. The summed E-state index contributed by atoms with van der Waals surface area (Å²) in [6.45, 7) is 5.63. The van der Waals surface area contributed by atoms with Crippen LogP contribution in [0.4, 0.5) is 4.79 Å². The molecule has 0 atom stereocenters. The van der Waals surface area contributed by atoms with Crippen molar-refractivity contribution in [2.75, 3.05) is 6.54 Å². The molecule has 1 N–H and O–H groups in total. The first-order chi connectivity index (χ1) is 8.37. The van der Waals surface area contributed by atoms with Gasteiger partial charge in [0, 0.05) is 13.0 Å². The van der Waals surface area contributed by atoms with E-state index in [0.717, 1.165) is 0 Å². The Morgan fingerprint density at radius 2 is 2.11 bits per heavy atom. The van der Waals surface area contributed by atoms with Crippen molar-refractivity contribution in [3.63, 3.8) is 0 Å². The van der Waals surface area contributed by atoms with Crippen LogP contribution in [-0.2, 0) is 16.0 Å². The second-order valence-electron chi connectivity index (χ2n) is 4.97. The van der Waals surface area contributed by atoms with E-state index in [2.05, 4.69) is 5.32 Å². The van der Waals surface area contributed by atoms with Gasteiger partial charge in [-0.05, 0) is 32.9 Å². The molecule has 1 heterocycles. The molecule has 0 saturated carbocycles. The maximum Gasteiger partial charge on any atom is 0.407 e. The Hall–Kier alpha value is -1.78. The van der Waals surface area contributed by atoms with Crippen molar-refractivity contribution < 1.29 is 18.7 Å². The molecule has 1 aromatic heterocycles. The highest BCUT2D eigenvalue weighted by Gasteiger charge is 2.15. The minimum Gasteiger partial charge on any atom is -0.469 e. The number of carbonyl (C=O) groups is 2. The molecule has 0 aliphatic carbocycles. The first-order valence-electron chi connectivity index (χ1n) is 5.88. The van der Waals surface area contributed by atoms with Crippen molar-refractivity contribution in [3.05, 3.63) is 24.2 Å². The zero-order chi connectivity index (χ0) is 13.6. The fourth-order valence-corrected chi connectivity index (χ4v) is 1.31. The number of nitrogens with one attached hydrogen (secondary N) is 1. The lowest BCUT2D eigenvalue weighted by Gasteiger charge is -2.19. The van der Waals surface area contributed by atoms with Crippen LogP contribution in [0.15, 0.2) is 22.8 Å². The van der Waals surface area contributed by atoms with E-state index in [4.69, 9.17) is 9.15 Å². The summed E-state index contributed by atoms with van der Waals surface area (Å²) in [5.74, 6) is 0.651. The number of hydrogen-bond donors (Lipinski definition) is 1. The predicted octanol–water partition coefficient (Wildman–Crippen LogP) is 2.31. The average Bonchev–Trinajstić information content (AvgIpc) is 2.67. The summed E-state index contributed by atoms with van der Waals surface area (Å²) in [5.41, 5.74) is -0.526. The molecule has 0 bridgehead atoms.